The third-order valence-corrected chi connectivity index (χ3v) is 6.86. The molecule has 3 atom stereocenters. The lowest BCUT2D eigenvalue weighted by Gasteiger charge is -2.34. The molecule has 1 aliphatic rings. The van der Waals surface area contributed by atoms with Crippen molar-refractivity contribution in [2.24, 2.45) is 0 Å². The van der Waals surface area contributed by atoms with E-state index >= 15 is 0 Å². The largest absolute Gasteiger partial charge is 0.410 e. The number of carbonyl (C=O) groups is 1. The Kier molecular flexibility index (Phi) is 6.58. The molecule has 0 amide bonds. The third-order valence-electron chi connectivity index (χ3n) is 6.60. The number of benzene rings is 3. The fourth-order valence-corrected chi connectivity index (χ4v) is 4.90. The highest BCUT2D eigenvalue weighted by Gasteiger charge is 2.47. The Morgan fingerprint density at radius 3 is 2.22 bits per heavy atom. The van der Waals surface area contributed by atoms with Gasteiger partial charge in [-0.1, -0.05) is 84.4 Å². The van der Waals surface area contributed by atoms with Gasteiger partial charge in [0, 0.05) is 23.8 Å². The minimum absolute atomic E-state index is 0.0682. The maximum absolute atomic E-state index is 14.0. The average Bonchev–Trinajstić information content (AvgIpc) is 3.32. The first kappa shape index (κ1) is 24.1. The van der Waals surface area contributed by atoms with Crippen LogP contribution in [0.2, 0.25) is 5.02 Å². The van der Waals surface area contributed by atoms with E-state index in [1.165, 1.54) is 6.20 Å². The zero-order chi connectivity index (χ0) is 25.3. The van der Waals surface area contributed by atoms with E-state index in [9.17, 15) is 18.0 Å². The zero-order valence-corrected chi connectivity index (χ0v) is 19.9. The number of alkyl halides is 3. The normalized spacial score (nSPS) is 18.2. The highest BCUT2D eigenvalue weighted by molar-refractivity contribution is 6.30. The molecule has 3 aromatic carbocycles. The van der Waals surface area contributed by atoms with Crippen molar-refractivity contribution >= 4 is 23.2 Å². The summed E-state index contributed by atoms with van der Waals surface area (Å²) in [6, 6.07) is 23.3. The second kappa shape index (κ2) is 9.82. The second-order valence-corrected chi connectivity index (χ2v) is 9.33. The van der Waals surface area contributed by atoms with Gasteiger partial charge in [-0.05, 0) is 28.8 Å². The molecule has 1 aromatic heterocycles. The fourth-order valence-electron chi connectivity index (χ4n) is 4.77. The van der Waals surface area contributed by atoms with Crippen molar-refractivity contribution in [2.45, 2.75) is 37.0 Å². The van der Waals surface area contributed by atoms with Crippen LogP contribution in [0.1, 0.15) is 57.9 Å². The Balaban J connectivity index is 1.50. The minimum Gasteiger partial charge on any atom is -0.363 e. The zero-order valence-electron chi connectivity index (χ0n) is 19.1. The van der Waals surface area contributed by atoms with E-state index in [0.29, 0.717) is 5.02 Å². The lowest BCUT2D eigenvalue weighted by molar-refractivity contribution is -0.173. The van der Waals surface area contributed by atoms with E-state index in [2.05, 4.69) is 10.4 Å². The number of Topliss-reactive ketones (excluding diaryl/α,β-unsaturated/α-hetero) is 1. The first-order valence-electron chi connectivity index (χ1n) is 11.6. The number of hydrogen-bond acceptors (Lipinski definition) is 3. The van der Waals surface area contributed by atoms with Crippen LogP contribution in [0, 0.1) is 0 Å². The molecule has 184 valence electrons. The predicted molar refractivity (Wildman–Crippen MR) is 133 cm³/mol. The standard InChI is InChI=1S/C28H23ClF3N3O/c29-21-13-11-19(12-14-21)22(18-7-3-1-4-8-18)15-25(36)23-17-33-35-26(28(30,31)32)16-24(34-27(23)35)20-9-5-2-6-10-20/h1-14,17,22,24,26,34H,15-16H2. The number of aromatic nitrogens is 2. The molecule has 0 saturated carbocycles. The topological polar surface area (TPSA) is 46.9 Å². The van der Waals surface area contributed by atoms with Crippen molar-refractivity contribution in [1.82, 2.24) is 9.78 Å². The highest BCUT2D eigenvalue weighted by Crippen LogP contribution is 2.45. The summed E-state index contributed by atoms with van der Waals surface area (Å²) in [5.74, 6) is -0.481. The quantitative estimate of drug-likeness (QED) is 0.272. The number of carbonyl (C=O) groups excluding carboxylic acids is 1. The van der Waals surface area contributed by atoms with Crippen LogP contribution in [0.5, 0.6) is 0 Å². The van der Waals surface area contributed by atoms with Gasteiger partial charge in [-0.25, -0.2) is 4.68 Å². The van der Waals surface area contributed by atoms with Crippen molar-refractivity contribution in [3.8, 4) is 0 Å². The van der Waals surface area contributed by atoms with Gasteiger partial charge in [0.1, 0.15) is 5.82 Å². The molecule has 0 radical (unpaired) electrons. The van der Waals surface area contributed by atoms with Crippen LogP contribution in [0.3, 0.4) is 0 Å². The highest BCUT2D eigenvalue weighted by atomic mass is 35.5. The fraction of sp³-hybridized carbons (Fsp3) is 0.214. The summed E-state index contributed by atoms with van der Waals surface area (Å²) in [6.45, 7) is 0. The molecule has 2 heterocycles. The number of fused-ring (bicyclic) bond motifs is 1. The van der Waals surface area contributed by atoms with E-state index in [1.807, 2.05) is 48.5 Å². The van der Waals surface area contributed by atoms with Gasteiger partial charge in [-0.2, -0.15) is 18.3 Å². The van der Waals surface area contributed by atoms with Crippen LogP contribution >= 0.6 is 11.6 Å². The van der Waals surface area contributed by atoms with E-state index in [0.717, 1.165) is 21.4 Å². The van der Waals surface area contributed by atoms with E-state index in [4.69, 9.17) is 11.6 Å². The van der Waals surface area contributed by atoms with Crippen molar-refractivity contribution < 1.29 is 18.0 Å². The second-order valence-electron chi connectivity index (χ2n) is 8.89. The first-order valence-corrected chi connectivity index (χ1v) is 12.0. The van der Waals surface area contributed by atoms with Crippen LogP contribution in [-0.2, 0) is 0 Å². The molecule has 3 unspecified atom stereocenters. The molecular formula is C28H23ClF3N3O. The lowest BCUT2D eigenvalue weighted by Crippen LogP contribution is -2.36. The van der Waals surface area contributed by atoms with Crippen LogP contribution in [0.4, 0.5) is 19.0 Å². The van der Waals surface area contributed by atoms with E-state index in [1.54, 1.807) is 36.4 Å². The first-order chi connectivity index (χ1) is 17.3. The molecule has 0 fully saturated rings. The maximum atomic E-state index is 14.0. The van der Waals surface area contributed by atoms with Gasteiger partial charge in [0.2, 0.25) is 0 Å². The number of ketones is 1. The van der Waals surface area contributed by atoms with Crippen LogP contribution in [-0.4, -0.2) is 21.7 Å². The summed E-state index contributed by atoms with van der Waals surface area (Å²) < 4.78 is 43.0. The van der Waals surface area contributed by atoms with Crippen molar-refractivity contribution in [1.29, 1.82) is 0 Å². The number of rotatable bonds is 6. The SMILES string of the molecule is O=C(CC(c1ccccc1)c1ccc(Cl)cc1)c1cnn2c1NC(c1ccccc1)CC2C(F)(F)F. The summed E-state index contributed by atoms with van der Waals surface area (Å²) in [5, 5.41) is 7.76. The lowest BCUT2D eigenvalue weighted by atomic mass is 9.86. The molecular weight excluding hydrogens is 487 g/mol. The summed E-state index contributed by atoms with van der Waals surface area (Å²) in [7, 11) is 0. The van der Waals surface area contributed by atoms with Gasteiger partial charge in [-0.15, -0.1) is 0 Å². The number of anilines is 1. The Hall–Kier alpha value is -3.58. The Morgan fingerprint density at radius 1 is 0.972 bits per heavy atom. The van der Waals surface area contributed by atoms with Gasteiger partial charge >= 0.3 is 6.18 Å². The molecule has 1 N–H and O–H groups in total. The molecule has 36 heavy (non-hydrogen) atoms. The molecule has 8 heteroatoms. The Bertz CT molecular complexity index is 1340. The molecule has 0 aliphatic carbocycles. The molecule has 0 spiro atoms. The van der Waals surface area contributed by atoms with Gasteiger partial charge in [0.25, 0.3) is 0 Å². The van der Waals surface area contributed by atoms with Gasteiger partial charge in [0.05, 0.1) is 17.8 Å². The summed E-state index contributed by atoms with van der Waals surface area (Å²) in [6.07, 6.45) is -3.40. The van der Waals surface area contributed by atoms with E-state index < -0.39 is 18.3 Å². The number of nitrogens with one attached hydrogen (secondary N) is 1. The number of nitrogens with zero attached hydrogens (tertiary/aromatic N) is 2. The van der Waals surface area contributed by atoms with Crippen LogP contribution < -0.4 is 5.32 Å². The van der Waals surface area contributed by atoms with Gasteiger partial charge < -0.3 is 5.32 Å². The average molecular weight is 510 g/mol. The Labute approximate surface area is 211 Å². The smallest absolute Gasteiger partial charge is 0.363 e. The predicted octanol–water partition coefficient (Wildman–Crippen LogP) is 7.60. The van der Waals surface area contributed by atoms with Crippen molar-refractivity contribution in [3.05, 3.63) is 118 Å². The molecule has 1 aliphatic heterocycles. The summed E-state index contributed by atoms with van der Waals surface area (Å²) in [5.41, 5.74) is 2.70. The summed E-state index contributed by atoms with van der Waals surface area (Å²) in [4.78, 5) is 13.6. The third kappa shape index (κ3) is 4.88. The Morgan fingerprint density at radius 2 is 1.58 bits per heavy atom. The van der Waals surface area contributed by atoms with Crippen LogP contribution in [0.15, 0.2) is 91.1 Å². The van der Waals surface area contributed by atoms with E-state index in [-0.39, 0.29) is 35.9 Å². The molecule has 5 rings (SSSR count). The molecule has 4 aromatic rings. The monoisotopic (exact) mass is 509 g/mol. The van der Waals surface area contributed by atoms with Gasteiger partial charge in [-0.3, -0.25) is 4.79 Å². The minimum atomic E-state index is -4.51. The van der Waals surface area contributed by atoms with Crippen molar-refractivity contribution in [2.75, 3.05) is 5.32 Å². The molecule has 4 nitrogen and oxygen atoms in total. The van der Waals surface area contributed by atoms with Crippen molar-refractivity contribution in [3.63, 3.8) is 0 Å². The van der Waals surface area contributed by atoms with Crippen LogP contribution in [0.25, 0.3) is 0 Å². The molecule has 0 bridgehead atoms. The number of halogens is 4. The van der Waals surface area contributed by atoms with Gasteiger partial charge in [0.15, 0.2) is 11.8 Å². The maximum Gasteiger partial charge on any atom is 0.410 e. The number of hydrogen-bond donors (Lipinski definition) is 1. The summed E-state index contributed by atoms with van der Waals surface area (Å²) >= 11 is 6.07. The molecule has 0 saturated heterocycles.